The molecule has 1 aromatic carbocycles. The number of aliphatic hydroxyl groups excluding tert-OH is 1. The van der Waals surface area contributed by atoms with Crippen LogP contribution in [-0.4, -0.2) is 23.4 Å². The van der Waals surface area contributed by atoms with Crippen molar-refractivity contribution in [3.63, 3.8) is 0 Å². The first-order valence-corrected chi connectivity index (χ1v) is 4.40. The predicted molar refractivity (Wildman–Crippen MR) is 50.0 cm³/mol. The Hall–Kier alpha value is -1.82. The number of ether oxygens (including phenoxy) is 2. The van der Waals surface area contributed by atoms with Crippen molar-refractivity contribution in [1.29, 1.82) is 0 Å². The topological polar surface area (TPSA) is 81.8 Å². The number of rotatable bonds is 3. The minimum Gasteiger partial charge on any atom is -0.453 e. The van der Waals surface area contributed by atoms with Crippen LogP contribution in [0.1, 0.15) is 5.56 Å². The molecule has 0 atom stereocenters. The van der Waals surface area contributed by atoms with Gasteiger partial charge in [0.25, 0.3) is 0 Å². The number of nitro benzene ring substituents is 1. The summed E-state index contributed by atoms with van der Waals surface area (Å²) in [4.78, 5) is 10.2. The Kier molecular flexibility index (Phi) is 2.42. The first-order valence-electron chi connectivity index (χ1n) is 4.40. The Labute approximate surface area is 85.2 Å². The highest BCUT2D eigenvalue weighted by atomic mass is 16.7. The van der Waals surface area contributed by atoms with Gasteiger partial charge in [-0.3, -0.25) is 10.1 Å². The number of hydrogen-bond donors (Lipinski definition) is 1. The van der Waals surface area contributed by atoms with E-state index in [1.807, 2.05) is 0 Å². The number of nitrogens with zero attached hydrogens (tertiary/aromatic N) is 1. The lowest BCUT2D eigenvalue weighted by molar-refractivity contribution is -0.385. The Morgan fingerprint density at radius 3 is 2.93 bits per heavy atom. The quantitative estimate of drug-likeness (QED) is 0.592. The summed E-state index contributed by atoms with van der Waals surface area (Å²) in [6.45, 7) is -0.0600. The summed E-state index contributed by atoms with van der Waals surface area (Å²) in [5.74, 6) is 0.536. The fourth-order valence-corrected chi connectivity index (χ4v) is 1.46. The van der Waals surface area contributed by atoms with Crippen LogP contribution < -0.4 is 9.47 Å². The van der Waals surface area contributed by atoms with Crippen LogP contribution in [0.3, 0.4) is 0 Å². The zero-order valence-corrected chi connectivity index (χ0v) is 7.80. The smallest absolute Gasteiger partial charge is 0.315 e. The van der Waals surface area contributed by atoms with Crippen molar-refractivity contribution in [3.05, 3.63) is 27.8 Å². The van der Waals surface area contributed by atoms with Crippen LogP contribution in [0.25, 0.3) is 0 Å². The normalized spacial score (nSPS) is 12.9. The van der Waals surface area contributed by atoms with Crippen LogP contribution in [0.4, 0.5) is 5.69 Å². The molecular formula is C9H9NO5. The highest BCUT2D eigenvalue weighted by molar-refractivity contribution is 5.59. The second-order valence-electron chi connectivity index (χ2n) is 3.08. The van der Waals surface area contributed by atoms with Crippen molar-refractivity contribution in [2.45, 2.75) is 6.42 Å². The van der Waals surface area contributed by atoms with Gasteiger partial charge in [0.05, 0.1) is 4.92 Å². The molecule has 6 nitrogen and oxygen atoms in total. The molecule has 15 heavy (non-hydrogen) atoms. The van der Waals surface area contributed by atoms with Crippen LogP contribution in [0, 0.1) is 10.1 Å². The van der Waals surface area contributed by atoms with Gasteiger partial charge in [0.1, 0.15) is 0 Å². The molecule has 1 heterocycles. The van der Waals surface area contributed by atoms with Gasteiger partial charge in [-0.2, -0.15) is 0 Å². The molecule has 1 N–H and O–H groups in total. The van der Waals surface area contributed by atoms with E-state index in [1.165, 1.54) is 6.07 Å². The van der Waals surface area contributed by atoms with Crippen LogP contribution in [-0.2, 0) is 6.42 Å². The molecule has 0 aliphatic carbocycles. The maximum Gasteiger partial charge on any atom is 0.315 e. The van der Waals surface area contributed by atoms with Crippen LogP contribution in [0.5, 0.6) is 11.5 Å². The summed E-state index contributed by atoms with van der Waals surface area (Å²) in [6, 6.07) is 3.04. The SMILES string of the molecule is O=[N+]([O-])c1cc(CCO)cc2c1OCO2. The zero-order chi connectivity index (χ0) is 10.8. The van der Waals surface area contributed by atoms with Gasteiger partial charge in [-0.1, -0.05) is 0 Å². The van der Waals surface area contributed by atoms with E-state index in [0.29, 0.717) is 17.7 Å². The molecule has 0 saturated heterocycles. The van der Waals surface area contributed by atoms with Gasteiger partial charge in [-0.05, 0) is 18.1 Å². The first-order chi connectivity index (χ1) is 7.22. The van der Waals surface area contributed by atoms with E-state index in [0.717, 1.165) is 0 Å². The lowest BCUT2D eigenvalue weighted by Crippen LogP contribution is -1.96. The fraction of sp³-hybridized carbons (Fsp3) is 0.333. The molecule has 0 bridgehead atoms. The van der Waals surface area contributed by atoms with Gasteiger partial charge in [0.2, 0.25) is 12.5 Å². The monoisotopic (exact) mass is 211 g/mol. The molecule has 0 radical (unpaired) electrons. The number of hydrogen-bond acceptors (Lipinski definition) is 5. The van der Waals surface area contributed by atoms with Crippen LogP contribution in [0.2, 0.25) is 0 Å². The fourth-order valence-electron chi connectivity index (χ4n) is 1.46. The molecule has 0 fully saturated rings. The number of nitro groups is 1. The molecule has 1 aliphatic rings. The van der Waals surface area contributed by atoms with E-state index >= 15 is 0 Å². The van der Waals surface area contributed by atoms with Crippen molar-refractivity contribution >= 4 is 5.69 Å². The molecular weight excluding hydrogens is 202 g/mol. The molecule has 0 amide bonds. The average Bonchev–Trinajstić information content (AvgIpc) is 2.64. The maximum atomic E-state index is 10.7. The van der Waals surface area contributed by atoms with Gasteiger partial charge in [-0.25, -0.2) is 0 Å². The lowest BCUT2D eigenvalue weighted by Gasteiger charge is -2.02. The molecule has 1 aromatic rings. The second-order valence-corrected chi connectivity index (χ2v) is 3.08. The van der Waals surface area contributed by atoms with E-state index in [2.05, 4.69) is 0 Å². The Morgan fingerprint density at radius 2 is 2.27 bits per heavy atom. The van der Waals surface area contributed by atoms with Crippen LogP contribution in [0.15, 0.2) is 12.1 Å². The molecule has 0 unspecified atom stereocenters. The molecule has 2 rings (SSSR count). The summed E-state index contributed by atoms with van der Waals surface area (Å²) in [5.41, 5.74) is 0.543. The zero-order valence-electron chi connectivity index (χ0n) is 7.80. The van der Waals surface area contributed by atoms with Gasteiger partial charge in [0.15, 0.2) is 5.75 Å². The molecule has 0 aromatic heterocycles. The van der Waals surface area contributed by atoms with Crippen molar-refractivity contribution in [1.82, 2.24) is 0 Å². The van der Waals surface area contributed by atoms with Crippen LogP contribution >= 0.6 is 0 Å². The molecule has 80 valence electrons. The average molecular weight is 211 g/mol. The predicted octanol–water partition coefficient (Wildman–Crippen LogP) is 0.858. The summed E-state index contributed by atoms with van der Waals surface area (Å²) in [6.07, 6.45) is 0.359. The Balaban J connectivity index is 2.47. The van der Waals surface area contributed by atoms with E-state index in [1.54, 1.807) is 6.07 Å². The summed E-state index contributed by atoms with van der Waals surface area (Å²) in [5, 5.41) is 19.5. The van der Waals surface area contributed by atoms with E-state index in [9.17, 15) is 10.1 Å². The van der Waals surface area contributed by atoms with Crippen molar-refractivity contribution < 1.29 is 19.5 Å². The Bertz CT molecular complexity index is 404. The standard InChI is InChI=1S/C9H9NO5/c11-2-1-6-3-7(10(12)13)9-8(4-6)14-5-15-9/h3-4,11H,1-2,5H2. The number of benzene rings is 1. The summed E-state index contributed by atoms with van der Waals surface area (Å²) < 4.78 is 10.1. The minimum atomic E-state index is -0.519. The molecule has 1 aliphatic heterocycles. The summed E-state index contributed by atoms with van der Waals surface area (Å²) in [7, 11) is 0. The second kappa shape index (κ2) is 3.74. The van der Waals surface area contributed by atoms with Gasteiger partial charge in [0, 0.05) is 12.7 Å². The first kappa shape index (κ1) is 9.72. The van der Waals surface area contributed by atoms with Gasteiger partial charge >= 0.3 is 5.69 Å². The van der Waals surface area contributed by atoms with Crippen molar-refractivity contribution in [2.75, 3.05) is 13.4 Å². The molecule has 0 saturated carbocycles. The van der Waals surface area contributed by atoms with Crippen molar-refractivity contribution in [3.8, 4) is 11.5 Å². The van der Waals surface area contributed by atoms with Gasteiger partial charge < -0.3 is 14.6 Å². The van der Waals surface area contributed by atoms with Crippen molar-refractivity contribution in [2.24, 2.45) is 0 Å². The largest absolute Gasteiger partial charge is 0.453 e. The van der Waals surface area contributed by atoms with E-state index < -0.39 is 4.92 Å². The highest BCUT2D eigenvalue weighted by Crippen LogP contribution is 2.41. The third-order valence-electron chi connectivity index (χ3n) is 2.11. The van der Waals surface area contributed by atoms with Gasteiger partial charge in [-0.15, -0.1) is 0 Å². The summed E-state index contributed by atoms with van der Waals surface area (Å²) >= 11 is 0. The minimum absolute atomic E-state index is 0.00124. The number of fused-ring (bicyclic) bond motifs is 1. The van der Waals surface area contributed by atoms with E-state index in [4.69, 9.17) is 14.6 Å². The molecule has 0 spiro atoms. The Morgan fingerprint density at radius 1 is 1.47 bits per heavy atom. The highest BCUT2D eigenvalue weighted by Gasteiger charge is 2.26. The number of aliphatic hydroxyl groups is 1. The van der Waals surface area contributed by atoms with E-state index in [-0.39, 0.29) is 24.8 Å². The third-order valence-corrected chi connectivity index (χ3v) is 2.11. The molecule has 6 heteroatoms. The lowest BCUT2D eigenvalue weighted by atomic mass is 10.1. The third kappa shape index (κ3) is 1.71. The maximum absolute atomic E-state index is 10.7.